The highest BCUT2D eigenvalue weighted by Gasteiger charge is 2.25. The molecule has 2 rings (SSSR count). The van der Waals surface area contributed by atoms with Gasteiger partial charge in [-0.05, 0) is 40.8 Å². The Morgan fingerprint density at radius 2 is 2.00 bits per heavy atom. The van der Waals surface area contributed by atoms with Crippen molar-refractivity contribution in [1.82, 2.24) is 4.72 Å². The third-order valence-corrected chi connectivity index (χ3v) is 6.54. The number of hydrogen-bond donors (Lipinski definition) is 2. The summed E-state index contributed by atoms with van der Waals surface area (Å²) in [4.78, 5) is -0.510. The van der Waals surface area contributed by atoms with Crippen molar-refractivity contribution >= 4 is 43.2 Å². The maximum absolute atomic E-state index is 14.1. The quantitative estimate of drug-likeness (QED) is 0.599. The molecule has 0 heterocycles. The van der Waals surface area contributed by atoms with Crippen LogP contribution in [0, 0.1) is 11.7 Å². The third-order valence-electron chi connectivity index (χ3n) is 3.73. The van der Waals surface area contributed by atoms with Gasteiger partial charge >= 0.3 is 0 Å². The standard InChI is InChI=1S/C13H17BrClFN2O2S/c14-11-9(15)6-10(12(16)13(11)17)21(19,20)18-7-8-4-2-1-3-5-8/h6,8,18H,1-5,7,17H2. The summed E-state index contributed by atoms with van der Waals surface area (Å²) in [6.07, 6.45) is 5.40. The lowest BCUT2D eigenvalue weighted by Crippen LogP contribution is -2.31. The Morgan fingerprint density at radius 1 is 1.38 bits per heavy atom. The van der Waals surface area contributed by atoms with E-state index in [4.69, 9.17) is 17.3 Å². The Kier molecular flexibility index (Phi) is 5.51. The Morgan fingerprint density at radius 3 is 2.62 bits per heavy atom. The van der Waals surface area contributed by atoms with Crippen LogP contribution in [-0.2, 0) is 10.0 Å². The Balaban J connectivity index is 2.19. The molecule has 0 amide bonds. The molecule has 0 spiro atoms. The molecule has 1 aliphatic carbocycles. The largest absolute Gasteiger partial charge is 0.395 e. The number of benzene rings is 1. The number of rotatable bonds is 4. The number of anilines is 1. The zero-order valence-electron chi connectivity index (χ0n) is 11.3. The zero-order valence-corrected chi connectivity index (χ0v) is 14.5. The van der Waals surface area contributed by atoms with Crippen LogP contribution < -0.4 is 10.5 Å². The average molecular weight is 400 g/mol. The second-order valence-electron chi connectivity index (χ2n) is 5.25. The number of nitrogens with two attached hydrogens (primary N) is 1. The van der Waals surface area contributed by atoms with Gasteiger partial charge in [0.25, 0.3) is 0 Å². The summed E-state index contributed by atoms with van der Waals surface area (Å²) in [5, 5.41) is 0.0620. The summed E-state index contributed by atoms with van der Waals surface area (Å²) in [6.45, 7) is 0.315. The molecule has 4 nitrogen and oxygen atoms in total. The Hall–Kier alpha value is -0.370. The highest BCUT2D eigenvalue weighted by atomic mass is 79.9. The molecular formula is C13H17BrClFN2O2S. The topological polar surface area (TPSA) is 72.2 Å². The maximum Gasteiger partial charge on any atom is 0.243 e. The van der Waals surface area contributed by atoms with Crippen molar-refractivity contribution in [1.29, 1.82) is 0 Å². The molecule has 1 saturated carbocycles. The zero-order chi connectivity index (χ0) is 15.6. The van der Waals surface area contributed by atoms with Crippen LogP contribution in [0.25, 0.3) is 0 Å². The van der Waals surface area contributed by atoms with E-state index in [1.807, 2.05) is 0 Å². The van der Waals surface area contributed by atoms with E-state index >= 15 is 0 Å². The van der Waals surface area contributed by atoms with Gasteiger partial charge in [0.2, 0.25) is 10.0 Å². The molecule has 21 heavy (non-hydrogen) atoms. The predicted octanol–water partition coefficient (Wildman–Crippen LogP) is 3.68. The lowest BCUT2D eigenvalue weighted by Gasteiger charge is -2.22. The molecule has 0 bridgehead atoms. The van der Waals surface area contributed by atoms with Gasteiger partial charge in [0.1, 0.15) is 4.90 Å². The lowest BCUT2D eigenvalue weighted by molar-refractivity contribution is 0.357. The predicted molar refractivity (Wildman–Crippen MR) is 85.3 cm³/mol. The van der Waals surface area contributed by atoms with Crippen LogP contribution in [0.15, 0.2) is 15.4 Å². The second-order valence-corrected chi connectivity index (χ2v) is 8.19. The van der Waals surface area contributed by atoms with Crippen LogP contribution in [-0.4, -0.2) is 15.0 Å². The minimum atomic E-state index is -3.96. The van der Waals surface area contributed by atoms with Crippen LogP contribution in [0.3, 0.4) is 0 Å². The van der Waals surface area contributed by atoms with Gasteiger partial charge in [-0.15, -0.1) is 0 Å². The normalized spacial score (nSPS) is 17.1. The van der Waals surface area contributed by atoms with E-state index in [2.05, 4.69) is 20.7 Å². The van der Waals surface area contributed by atoms with Crippen molar-refractivity contribution in [2.24, 2.45) is 5.92 Å². The Labute approximate surface area is 137 Å². The first kappa shape index (κ1) is 17.0. The summed E-state index contributed by atoms with van der Waals surface area (Å²) >= 11 is 8.88. The van der Waals surface area contributed by atoms with Crippen molar-refractivity contribution in [2.45, 2.75) is 37.0 Å². The van der Waals surface area contributed by atoms with Crippen LogP contribution in [0.2, 0.25) is 5.02 Å². The number of halogens is 3. The molecule has 1 aromatic carbocycles. The summed E-state index contributed by atoms with van der Waals surface area (Å²) in [6, 6.07) is 1.07. The van der Waals surface area contributed by atoms with Crippen molar-refractivity contribution in [3.05, 3.63) is 21.4 Å². The van der Waals surface area contributed by atoms with Gasteiger partial charge in [-0.1, -0.05) is 30.9 Å². The number of sulfonamides is 1. The average Bonchev–Trinajstić information content (AvgIpc) is 2.48. The first-order chi connectivity index (χ1) is 9.83. The number of nitrogen functional groups attached to an aromatic ring is 1. The van der Waals surface area contributed by atoms with E-state index in [0.29, 0.717) is 12.5 Å². The van der Waals surface area contributed by atoms with Crippen LogP contribution in [0.4, 0.5) is 10.1 Å². The molecule has 1 aliphatic rings. The van der Waals surface area contributed by atoms with E-state index < -0.39 is 20.7 Å². The van der Waals surface area contributed by atoms with Gasteiger partial charge in [-0.3, -0.25) is 0 Å². The molecule has 0 saturated heterocycles. The SMILES string of the molecule is Nc1c(F)c(S(=O)(=O)NCC2CCCCC2)cc(Cl)c1Br. The molecule has 0 unspecified atom stereocenters. The van der Waals surface area contributed by atoms with E-state index in [1.165, 1.54) is 6.42 Å². The molecule has 0 radical (unpaired) electrons. The molecule has 8 heteroatoms. The molecule has 0 aromatic heterocycles. The third kappa shape index (κ3) is 3.88. The van der Waals surface area contributed by atoms with Crippen molar-refractivity contribution in [3.63, 3.8) is 0 Å². The molecule has 118 valence electrons. The summed E-state index contributed by atoms with van der Waals surface area (Å²) in [7, 11) is -3.96. The molecule has 0 atom stereocenters. The minimum Gasteiger partial charge on any atom is -0.395 e. The van der Waals surface area contributed by atoms with E-state index in [0.717, 1.165) is 31.7 Å². The first-order valence-electron chi connectivity index (χ1n) is 6.75. The van der Waals surface area contributed by atoms with Crippen LogP contribution in [0.1, 0.15) is 32.1 Å². The molecule has 1 fully saturated rings. The van der Waals surface area contributed by atoms with Gasteiger partial charge in [-0.2, -0.15) is 0 Å². The Bertz CT molecular complexity index is 634. The highest BCUT2D eigenvalue weighted by molar-refractivity contribution is 9.10. The molecule has 3 N–H and O–H groups in total. The van der Waals surface area contributed by atoms with E-state index in [1.54, 1.807) is 0 Å². The van der Waals surface area contributed by atoms with Gasteiger partial charge in [0.15, 0.2) is 5.82 Å². The van der Waals surface area contributed by atoms with Crippen LogP contribution in [0.5, 0.6) is 0 Å². The van der Waals surface area contributed by atoms with Crippen molar-refractivity contribution in [3.8, 4) is 0 Å². The fourth-order valence-corrected chi connectivity index (χ4v) is 4.29. The summed E-state index contributed by atoms with van der Waals surface area (Å²) in [5.74, 6) is -0.678. The van der Waals surface area contributed by atoms with Gasteiger partial charge in [-0.25, -0.2) is 17.5 Å². The fourth-order valence-electron chi connectivity index (χ4n) is 2.49. The maximum atomic E-state index is 14.1. The van der Waals surface area contributed by atoms with E-state index in [-0.39, 0.29) is 15.2 Å². The van der Waals surface area contributed by atoms with Crippen LogP contribution >= 0.6 is 27.5 Å². The highest BCUT2D eigenvalue weighted by Crippen LogP contribution is 2.34. The lowest BCUT2D eigenvalue weighted by atomic mass is 9.90. The second kappa shape index (κ2) is 6.81. The molecule has 0 aliphatic heterocycles. The number of hydrogen-bond acceptors (Lipinski definition) is 3. The van der Waals surface area contributed by atoms with Crippen molar-refractivity contribution in [2.75, 3.05) is 12.3 Å². The van der Waals surface area contributed by atoms with Crippen molar-refractivity contribution < 1.29 is 12.8 Å². The van der Waals surface area contributed by atoms with Gasteiger partial charge in [0, 0.05) is 6.54 Å². The summed E-state index contributed by atoms with van der Waals surface area (Å²) < 4.78 is 41.2. The molecular weight excluding hydrogens is 383 g/mol. The van der Waals surface area contributed by atoms with Gasteiger partial charge in [0.05, 0.1) is 15.2 Å². The monoisotopic (exact) mass is 398 g/mol. The first-order valence-corrected chi connectivity index (χ1v) is 9.41. The smallest absolute Gasteiger partial charge is 0.243 e. The van der Waals surface area contributed by atoms with E-state index in [9.17, 15) is 12.8 Å². The fraction of sp³-hybridized carbons (Fsp3) is 0.538. The molecule has 1 aromatic rings. The minimum absolute atomic E-state index is 0.0620. The van der Waals surface area contributed by atoms with Gasteiger partial charge < -0.3 is 5.73 Å². The number of nitrogens with one attached hydrogen (secondary N) is 1. The summed E-state index contributed by atoms with van der Waals surface area (Å²) in [5.41, 5.74) is 5.22.